The van der Waals surface area contributed by atoms with Gasteiger partial charge < -0.3 is 14.6 Å². The van der Waals surface area contributed by atoms with Crippen molar-refractivity contribution in [2.75, 3.05) is 23.3 Å². The second kappa shape index (κ2) is 9.24. The minimum atomic E-state index is -0.114. The first-order valence-corrected chi connectivity index (χ1v) is 11.7. The van der Waals surface area contributed by atoms with Crippen molar-refractivity contribution in [3.8, 4) is 11.3 Å². The number of fused-ring (bicyclic) bond motifs is 1. The van der Waals surface area contributed by atoms with Crippen LogP contribution in [-0.4, -0.2) is 33.4 Å². The van der Waals surface area contributed by atoms with Crippen LogP contribution >= 0.6 is 11.6 Å². The molecule has 33 heavy (non-hydrogen) atoms. The zero-order chi connectivity index (χ0) is 22.8. The van der Waals surface area contributed by atoms with Gasteiger partial charge in [0.1, 0.15) is 11.5 Å². The smallest absolute Gasteiger partial charge is 0.230 e. The van der Waals surface area contributed by atoms with Crippen LogP contribution in [0.25, 0.3) is 16.9 Å². The van der Waals surface area contributed by atoms with Gasteiger partial charge in [-0.05, 0) is 55.2 Å². The van der Waals surface area contributed by atoms with Gasteiger partial charge in [-0.25, -0.2) is 9.97 Å². The Morgan fingerprint density at radius 2 is 1.88 bits per heavy atom. The van der Waals surface area contributed by atoms with Crippen LogP contribution in [-0.2, 0) is 11.2 Å². The molecular weight excluding hydrogens is 434 g/mol. The fraction of sp³-hybridized carbons (Fsp3) is 0.269. The summed E-state index contributed by atoms with van der Waals surface area (Å²) >= 11 is 6.06. The van der Waals surface area contributed by atoms with E-state index in [2.05, 4.69) is 22.1 Å². The topological polar surface area (TPSA) is 62.5 Å². The zero-order valence-corrected chi connectivity index (χ0v) is 19.3. The number of nitrogens with zero attached hydrogens (tertiary/aromatic N) is 4. The lowest BCUT2D eigenvalue weighted by Gasteiger charge is -2.31. The number of rotatable bonds is 5. The minimum absolute atomic E-state index is 0.114. The molecule has 0 saturated carbocycles. The lowest BCUT2D eigenvalue weighted by molar-refractivity contribution is -0.115. The SMILES string of the molecule is CC1CCN(c2ccc(NC(=O)Cc3c(-c4ccc(Cl)cc4)nc4ccccn34)cn2)CC1. The molecule has 6 nitrogen and oxygen atoms in total. The van der Waals surface area contributed by atoms with Gasteiger partial charge in [0.05, 0.1) is 29.7 Å². The van der Waals surface area contributed by atoms with E-state index in [1.54, 1.807) is 6.20 Å². The van der Waals surface area contributed by atoms with Crippen LogP contribution in [0.5, 0.6) is 0 Å². The standard InChI is InChI=1S/C26H26ClN5O/c1-18-11-14-31(15-12-18)23-10-9-21(17-28-23)29-25(33)16-22-26(19-5-7-20(27)8-6-19)30-24-4-2-3-13-32(22)24/h2-10,13,17-18H,11-12,14-16H2,1H3,(H,29,33). The number of hydrogen-bond acceptors (Lipinski definition) is 4. The molecule has 168 valence electrons. The highest BCUT2D eigenvalue weighted by Crippen LogP contribution is 2.27. The summed E-state index contributed by atoms with van der Waals surface area (Å²) in [5, 5.41) is 3.65. The number of nitrogens with one attached hydrogen (secondary N) is 1. The van der Waals surface area contributed by atoms with Crippen molar-refractivity contribution in [3.05, 3.63) is 77.7 Å². The highest BCUT2D eigenvalue weighted by molar-refractivity contribution is 6.30. The Labute approximate surface area is 198 Å². The van der Waals surface area contributed by atoms with Gasteiger partial charge in [-0.3, -0.25) is 4.79 Å². The van der Waals surface area contributed by atoms with Crippen LogP contribution in [0, 0.1) is 5.92 Å². The summed E-state index contributed by atoms with van der Waals surface area (Å²) in [6.07, 6.45) is 6.24. The second-order valence-corrected chi connectivity index (χ2v) is 9.08. The zero-order valence-electron chi connectivity index (χ0n) is 18.5. The molecule has 1 N–H and O–H groups in total. The number of pyridine rings is 2. The highest BCUT2D eigenvalue weighted by atomic mass is 35.5. The number of benzene rings is 1. The van der Waals surface area contributed by atoms with Crippen molar-refractivity contribution >= 4 is 34.7 Å². The van der Waals surface area contributed by atoms with Gasteiger partial charge in [0.25, 0.3) is 0 Å². The number of imidazole rings is 1. The van der Waals surface area contributed by atoms with Gasteiger partial charge in [0.15, 0.2) is 0 Å². The molecule has 1 aromatic carbocycles. The van der Waals surface area contributed by atoms with Crippen LogP contribution in [0.3, 0.4) is 0 Å². The first-order chi connectivity index (χ1) is 16.1. The fourth-order valence-electron chi connectivity index (χ4n) is 4.30. The summed E-state index contributed by atoms with van der Waals surface area (Å²) in [7, 11) is 0. The number of hydrogen-bond donors (Lipinski definition) is 1. The molecule has 0 unspecified atom stereocenters. The molecule has 1 amide bonds. The van der Waals surface area contributed by atoms with E-state index in [-0.39, 0.29) is 12.3 Å². The van der Waals surface area contributed by atoms with Crippen LogP contribution < -0.4 is 10.2 Å². The normalized spacial score (nSPS) is 14.5. The molecule has 1 aliphatic rings. The predicted molar refractivity (Wildman–Crippen MR) is 133 cm³/mol. The van der Waals surface area contributed by atoms with E-state index in [9.17, 15) is 4.79 Å². The quantitative estimate of drug-likeness (QED) is 0.430. The molecule has 1 saturated heterocycles. The van der Waals surface area contributed by atoms with Crippen molar-refractivity contribution in [1.29, 1.82) is 0 Å². The third-order valence-corrected chi connectivity index (χ3v) is 6.47. The first-order valence-electron chi connectivity index (χ1n) is 11.3. The van der Waals surface area contributed by atoms with Gasteiger partial charge in [-0.2, -0.15) is 0 Å². The maximum Gasteiger partial charge on any atom is 0.230 e. The summed E-state index contributed by atoms with van der Waals surface area (Å²) < 4.78 is 1.96. The molecule has 4 aromatic rings. The largest absolute Gasteiger partial charge is 0.357 e. The summed E-state index contributed by atoms with van der Waals surface area (Å²) in [5.41, 5.74) is 4.02. The van der Waals surface area contributed by atoms with E-state index < -0.39 is 0 Å². The third kappa shape index (κ3) is 4.71. The van der Waals surface area contributed by atoms with Crippen molar-refractivity contribution < 1.29 is 4.79 Å². The molecular formula is C26H26ClN5O. The lowest BCUT2D eigenvalue weighted by Crippen LogP contribution is -2.33. The van der Waals surface area contributed by atoms with Gasteiger partial charge >= 0.3 is 0 Å². The van der Waals surface area contributed by atoms with Crippen LogP contribution in [0.15, 0.2) is 67.0 Å². The third-order valence-electron chi connectivity index (χ3n) is 6.21. The Morgan fingerprint density at radius 1 is 1.09 bits per heavy atom. The Balaban J connectivity index is 1.34. The number of carbonyl (C=O) groups is 1. The number of aromatic nitrogens is 3. The molecule has 0 radical (unpaired) electrons. The van der Waals surface area contributed by atoms with Gasteiger partial charge in [0.2, 0.25) is 5.91 Å². The van der Waals surface area contributed by atoms with Gasteiger partial charge in [-0.15, -0.1) is 0 Å². The van der Waals surface area contributed by atoms with E-state index in [0.29, 0.717) is 10.7 Å². The van der Waals surface area contributed by atoms with E-state index >= 15 is 0 Å². The van der Waals surface area contributed by atoms with E-state index in [4.69, 9.17) is 16.6 Å². The molecule has 7 heteroatoms. The number of halogens is 1. The summed E-state index contributed by atoms with van der Waals surface area (Å²) in [4.78, 5) is 24.6. The predicted octanol–water partition coefficient (Wildman–Crippen LogP) is 5.47. The maximum absolute atomic E-state index is 13.0. The van der Waals surface area contributed by atoms with Crippen LogP contribution in [0.2, 0.25) is 5.02 Å². The van der Waals surface area contributed by atoms with Gasteiger partial charge in [0, 0.05) is 29.9 Å². The maximum atomic E-state index is 13.0. The molecule has 0 bridgehead atoms. The Hall–Kier alpha value is -3.38. The fourth-order valence-corrected chi connectivity index (χ4v) is 4.42. The minimum Gasteiger partial charge on any atom is -0.357 e. The van der Waals surface area contributed by atoms with Crippen molar-refractivity contribution in [2.24, 2.45) is 5.92 Å². The Morgan fingerprint density at radius 3 is 2.61 bits per heavy atom. The summed E-state index contributed by atoms with van der Waals surface area (Å²) in [6.45, 7) is 4.36. The molecule has 0 atom stereocenters. The highest BCUT2D eigenvalue weighted by Gasteiger charge is 2.19. The number of amides is 1. The monoisotopic (exact) mass is 459 g/mol. The number of anilines is 2. The van der Waals surface area contributed by atoms with E-state index in [0.717, 1.165) is 47.4 Å². The van der Waals surface area contributed by atoms with Crippen molar-refractivity contribution in [2.45, 2.75) is 26.2 Å². The molecule has 3 aromatic heterocycles. The average molecular weight is 460 g/mol. The average Bonchev–Trinajstić information content (AvgIpc) is 3.19. The molecule has 4 heterocycles. The van der Waals surface area contributed by atoms with E-state index in [1.807, 2.05) is 65.2 Å². The Kier molecular flexibility index (Phi) is 6.01. The molecule has 0 aliphatic carbocycles. The number of carbonyl (C=O) groups excluding carboxylic acids is 1. The second-order valence-electron chi connectivity index (χ2n) is 8.64. The van der Waals surface area contributed by atoms with Gasteiger partial charge in [-0.1, -0.05) is 36.7 Å². The van der Waals surface area contributed by atoms with E-state index in [1.165, 1.54) is 12.8 Å². The Bertz CT molecular complexity index is 1260. The van der Waals surface area contributed by atoms with Crippen LogP contribution in [0.4, 0.5) is 11.5 Å². The summed E-state index contributed by atoms with van der Waals surface area (Å²) in [5.74, 6) is 1.63. The van der Waals surface area contributed by atoms with Crippen molar-refractivity contribution in [3.63, 3.8) is 0 Å². The van der Waals surface area contributed by atoms with Crippen LogP contribution in [0.1, 0.15) is 25.5 Å². The molecule has 1 fully saturated rings. The lowest BCUT2D eigenvalue weighted by atomic mass is 9.99. The first kappa shape index (κ1) is 21.5. The number of piperidine rings is 1. The summed E-state index contributed by atoms with van der Waals surface area (Å²) in [6, 6.07) is 17.2. The molecule has 1 aliphatic heterocycles. The molecule has 5 rings (SSSR count). The molecule has 0 spiro atoms. The van der Waals surface area contributed by atoms with Crippen molar-refractivity contribution in [1.82, 2.24) is 14.4 Å².